The summed E-state index contributed by atoms with van der Waals surface area (Å²) in [6.45, 7) is 0. The number of furan rings is 1. The first kappa shape index (κ1) is 6.35. The molecule has 1 rings (SSSR count). The van der Waals surface area contributed by atoms with E-state index in [1.807, 2.05) is 0 Å². The Balaban J connectivity index is 3.11. The van der Waals surface area contributed by atoms with Crippen molar-refractivity contribution >= 4 is 28.1 Å². The molecule has 0 aliphatic heterocycles. The van der Waals surface area contributed by atoms with Crippen molar-refractivity contribution in [2.45, 2.75) is 0 Å². The van der Waals surface area contributed by atoms with Gasteiger partial charge in [-0.1, -0.05) is 0 Å². The number of nitrogen functional groups attached to an aromatic ring is 1. The smallest absolute Gasteiger partial charge is 0.205 e. The largest absolute Gasteiger partial charge is 0.437 e. The van der Waals surface area contributed by atoms with Gasteiger partial charge < -0.3 is 10.2 Å². The Morgan fingerprint density at radius 2 is 2.44 bits per heavy atom. The first-order chi connectivity index (χ1) is 4.24. The van der Waals surface area contributed by atoms with Crippen LogP contribution in [0.25, 0.3) is 0 Å². The fourth-order valence-electron chi connectivity index (χ4n) is 0.459. The third kappa shape index (κ3) is 1.13. The highest BCUT2D eigenvalue weighted by Crippen LogP contribution is 2.21. The molecule has 1 aromatic rings. The number of carbonyl (C=O) groups excluding carboxylic acids is 1. The Bertz CT molecular complexity index is 211. The fraction of sp³-hybridized carbons (Fsp3) is 0. The van der Waals surface area contributed by atoms with Crippen molar-refractivity contribution in [3.8, 4) is 0 Å². The monoisotopic (exact) mass is 189 g/mol. The standard InChI is InChI=1S/C5H4BrNO2/c6-4-1-3(2-8)9-5(4)7/h1-2H,7H2. The fourth-order valence-corrected chi connectivity index (χ4v) is 0.766. The summed E-state index contributed by atoms with van der Waals surface area (Å²) in [5.41, 5.74) is 5.24. The molecule has 0 amide bonds. The van der Waals surface area contributed by atoms with Crippen LogP contribution in [0.4, 0.5) is 5.88 Å². The molecule has 3 nitrogen and oxygen atoms in total. The average molecular weight is 190 g/mol. The minimum absolute atomic E-state index is 0.233. The van der Waals surface area contributed by atoms with E-state index < -0.39 is 0 Å². The van der Waals surface area contributed by atoms with Gasteiger partial charge >= 0.3 is 0 Å². The molecule has 0 radical (unpaired) electrons. The topological polar surface area (TPSA) is 56.2 Å². The van der Waals surface area contributed by atoms with Crippen LogP contribution >= 0.6 is 15.9 Å². The van der Waals surface area contributed by atoms with Gasteiger partial charge in [-0.3, -0.25) is 4.79 Å². The number of hydrogen-bond donors (Lipinski definition) is 1. The number of rotatable bonds is 1. The van der Waals surface area contributed by atoms with Crippen LogP contribution in [-0.4, -0.2) is 6.29 Å². The third-order valence-corrected chi connectivity index (χ3v) is 1.47. The zero-order valence-electron chi connectivity index (χ0n) is 4.43. The molecule has 1 aromatic heterocycles. The molecular formula is C5H4BrNO2. The van der Waals surface area contributed by atoms with Gasteiger partial charge in [0.2, 0.25) is 5.88 Å². The van der Waals surface area contributed by atoms with Crippen LogP contribution in [0, 0.1) is 0 Å². The molecule has 0 aliphatic rings. The lowest BCUT2D eigenvalue weighted by atomic mass is 10.5. The molecule has 0 saturated carbocycles. The van der Waals surface area contributed by atoms with Crippen molar-refractivity contribution in [1.82, 2.24) is 0 Å². The van der Waals surface area contributed by atoms with Crippen LogP contribution in [0.5, 0.6) is 0 Å². The van der Waals surface area contributed by atoms with E-state index in [0.29, 0.717) is 10.8 Å². The molecule has 0 aliphatic carbocycles. The van der Waals surface area contributed by atoms with Gasteiger partial charge in [0, 0.05) is 6.07 Å². The molecule has 0 unspecified atom stereocenters. The maximum atomic E-state index is 10.0. The number of anilines is 1. The molecule has 0 fully saturated rings. The highest BCUT2D eigenvalue weighted by atomic mass is 79.9. The van der Waals surface area contributed by atoms with Crippen LogP contribution < -0.4 is 5.73 Å². The maximum Gasteiger partial charge on any atom is 0.205 e. The highest BCUT2D eigenvalue weighted by Gasteiger charge is 2.02. The van der Waals surface area contributed by atoms with Gasteiger partial charge in [0.25, 0.3) is 0 Å². The quantitative estimate of drug-likeness (QED) is 0.681. The number of nitrogens with two attached hydrogens (primary N) is 1. The molecule has 0 bridgehead atoms. The minimum atomic E-state index is 0.233. The molecule has 48 valence electrons. The van der Waals surface area contributed by atoms with Gasteiger partial charge in [-0.05, 0) is 15.9 Å². The summed E-state index contributed by atoms with van der Waals surface area (Å²) in [6.07, 6.45) is 0.598. The van der Waals surface area contributed by atoms with E-state index in [0.717, 1.165) is 0 Å². The molecule has 2 N–H and O–H groups in total. The zero-order chi connectivity index (χ0) is 6.85. The SMILES string of the molecule is Nc1oc(C=O)cc1Br. The molecule has 4 heteroatoms. The van der Waals surface area contributed by atoms with Crippen molar-refractivity contribution in [2.75, 3.05) is 5.73 Å². The first-order valence-corrected chi connectivity index (χ1v) is 3.03. The van der Waals surface area contributed by atoms with Gasteiger partial charge in [0.05, 0.1) is 4.47 Å². The second-order valence-electron chi connectivity index (χ2n) is 1.48. The highest BCUT2D eigenvalue weighted by molar-refractivity contribution is 9.10. The molecule has 9 heavy (non-hydrogen) atoms. The number of carbonyl (C=O) groups is 1. The van der Waals surface area contributed by atoms with Crippen LogP contribution in [0.2, 0.25) is 0 Å². The number of halogens is 1. The van der Waals surface area contributed by atoms with Gasteiger partial charge in [0.15, 0.2) is 12.0 Å². The van der Waals surface area contributed by atoms with Crippen LogP contribution in [-0.2, 0) is 0 Å². The predicted octanol–water partition coefficient (Wildman–Crippen LogP) is 1.44. The summed E-state index contributed by atoms with van der Waals surface area (Å²) in [7, 11) is 0. The van der Waals surface area contributed by atoms with Gasteiger partial charge in [-0.25, -0.2) is 0 Å². The van der Waals surface area contributed by atoms with Crippen molar-refractivity contribution in [2.24, 2.45) is 0 Å². The molecule has 0 aromatic carbocycles. The summed E-state index contributed by atoms with van der Waals surface area (Å²) >= 11 is 3.08. The lowest BCUT2D eigenvalue weighted by molar-refractivity contribution is 0.110. The molecule has 1 heterocycles. The van der Waals surface area contributed by atoms with E-state index in [4.69, 9.17) is 10.2 Å². The van der Waals surface area contributed by atoms with E-state index in [2.05, 4.69) is 15.9 Å². The Hall–Kier alpha value is -0.770. The lowest BCUT2D eigenvalue weighted by Crippen LogP contribution is -1.78. The normalized spacial score (nSPS) is 9.44. The van der Waals surface area contributed by atoms with Gasteiger partial charge in [0.1, 0.15) is 0 Å². The van der Waals surface area contributed by atoms with E-state index in [1.165, 1.54) is 6.07 Å². The van der Waals surface area contributed by atoms with Crippen molar-refractivity contribution in [3.63, 3.8) is 0 Å². The summed E-state index contributed by atoms with van der Waals surface area (Å²) < 4.78 is 5.34. The number of hydrogen-bond acceptors (Lipinski definition) is 3. The molecule has 0 saturated heterocycles. The summed E-state index contributed by atoms with van der Waals surface area (Å²) in [6, 6.07) is 1.52. The second-order valence-corrected chi connectivity index (χ2v) is 2.33. The van der Waals surface area contributed by atoms with E-state index in [1.54, 1.807) is 0 Å². The van der Waals surface area contributed by atoms with Crippen molar-refractivity contribution in [1.29, 1.82) is 0 Å². The second kappa shape index (κ2) is 2.23. The maximum absolute atomic E-state index is 10.0. The lowest BCUT2D eigenvalue weighted by Gasteiger charge is -1.79. The van der Waals surface area contributed by atoms with Crippen molar-refractivity contribution in [3.05, 3.63) is 16.3 Å². The first-order valence-electron chi connectivity index (χ1n) is 2.24. The third-order valence-electron chi connectivity index (χ3n) is 0.848. The predicted molar refractivity (Wildman–Crippen MR) is 36.2 cm³/mol. The Morgan fingerprint density at radius 3 is 2.67 bits per heavy atom. The van der Waals surface area contributed by atoms with Crippen molar-refractivity contribution < 1.29 is 9.21 Å². The Morgan fingerprint density at radius 1 is 1.78 bits per heavy atom. The van der Waals surface area contributed by atoms with Crippen LogP contribution in [0.1, 0.15) is 10.6 Å². The molecule has 0 atom stereocenters. The summed E-state index contributed by atoms with van der Waals surface area (Å²) in [5, 5.41) is 0. The number of aldehydes is 1. The molecule has 0 spiro atoms. The Kier molecular flexibility index (Phi) is 1.57. The van der Waals surface area contributed by atoms with Crippen LogP contribution in [0.15, 0.2) is 15.0 Å². The Labute approximate surface area is 60.0 Å². The van der Waals surface area contributed by atoms with E-state index >= 15 is 0 Å². The zero-order valence-corrected chi connectivity index (χ0v) is 6.01. The van der Waals surface area contributed by atoms with Crippen LogP contribution in [0.3, 0.4) is 0 Å². The molecular weight excluding hydrogens is 186 g/mol. The average Bonchev–Trinajstić information content (AvgIpc) is 2.13. The van der Waals surface area contributed by atoms with Gasteiger partial charge in [-0.15, -0.1) is 0 Å². The van der Waals surface area contributed by atoms with Gasteiger partial charge in [-0.2, -0.15) is 0 Å². The minimum Gasteiger partial charge on any atom is -0.437 e. The van der Waals surface area contributed by atoms with E-state index in [9.17, 15) is 4.79 Å². The summed E-state index contributed by atoms with van der Waals surface area (Å²) in [4.78, 5) is 10.0. The van der Waals surface area contributed by atoms with E-state index in [-0.39, 0.29) is 11.6 Å². The summed E-state index contributed by atoms with van der Waals surface area (Å²) in [5.74, 6) is 0.469.